The molecule has 1 heterocycles. The number of rotatable bonds is 5. The highest BCUT2D eigenvalue weighted by Gasteiger charge is 2.09. The summed E-state index contributed by atoms with van der Waals surface area (Å²) in [6, 6.07) is 12.5. The quantitative estimate of drug-likeness (QED) is 0.728. The van der Waals surface area contributed by atoms with E-state index in [1.165, 1.54) is 35.6 Å². The van der Waals surface area contributed by atoms with E-state index in [4.69, 9.17) is 0 Å². The van der Waals surface area contributed by atoms with Crippen molar-refractivity contribution >= 4 is 27.8 Å². The minimum Gasteiger partial charge on any atom is -0.379 e. The van der Waals surface area contributed by atoms with E-state index in [9.17, 15) is 8.78 Å². The maximum atomic E-state index is 13.0. The Morgan fingerprint density at radius 1 is 1.00 bits per heavy atom. The second-order valence-electron chi connectivity index (χ2n) is 5.02. The van der Waals surface area contributed by atoms with Crippen LogP contribution in [0.2, 0.25) is 0 Å². The van der Waals surface area contributed by atoms with Gasteiger partial charge in [-0.2, -0.15) is 0 Å². The number of thiazole rings is 1. The molecule has 0 saturated carbocycles. The molecule has 0 radical (unpaired) electrons. The third-order valence-electron chi connectivity index (χ3n) is 3.36. The van der Waals surface area contributed by atoms with E-state index in [1.807, 2.05) is 17.3 Å². The van der Waals surface area contributed by atoms with Gasteiger partial charge in [0.25, 0.3) is 0 Å². The summed E-state index contributed by atoms with van der Waals surface area (Å²) in [6.45, 7) is 0.555. The smallest absolute Gasteiger partial charge is 0.189 e. The van der Waals surface area contributed by atoms with Gasteiger partial charge in [-0.15, -0.1) is 11.3 Å². The van der Waals surface area contributed by atoms with Crippen LogP contribution in [0.15, 0.2) is 53.9 Å². The van der Waals surface area contributed by atoms with Crippen molar-refractivity contribution in [3.05, 3.63) is 71.2 Å². The molecule has 0 aliphatic heterocycles. The van der Waals surface area contributed by atoms with Gasteiger partial charge in [0.15, 0.2) is 5.13 Å². The second kappa shape index (κ2) is 6.75. The molecule has 23 heavy (non-hydrogen) atoms. The van der Waals surface area contributed by atoms with E-state index in [2.05, 4.69) is 10.3 Å². The second-order valence-corrected chi connectivity index (χ2v) is 5.85. The van der Waals surface area contributed by atoms with Crippen LogP contribution in [0.1, 0.15) is 5.69 Å². The van der Waals surface area contributed by atoms with E-state index in [0.717, 1.165) is 22.2 Å². The number of aromatic nitrogens is 1. The van der Waals surface area contributed by atoms with Crippen molar-refractivity contribution in [2.45, 2.75) is 6.54 Å². The van der Waals surface area contributed by atoms with Crippen molar-refractivity contribution in [2.75, 3.05) is 17.3 Å². The average Bonchev–Trinajstić information content (AvgIpc) is 3.03. The van der Waals surface area contributed by atoms with Gasteiger partial charge in [-0.3, -0.25) is 0 Å². The van der Waals surface area contributed by atoms with Crippen LogP contribution in [0.3, 0.4) is 0 Å². The Bertz CT molecular complexity index is 769. The van der Waals surface area contributed by atoms with E-state index in [0.29, 0.717) is 6.54 Å². The van der Waals surface area contributed by atoms with Crippen LogP contribution in [-0.2, 0) is 6.54 Å². The molecular weight excluding hydrogens is 316 g/mol. The minimum atomic E-state index is -0.259. The Labute approximate surface area is 137 Å². The molecule has 118 valence electrons. The summed E-state index contributed by atoms with van der Waals surface area (Å²) >= 11 is 1.52. The molecule has 0 fully saturated rings. The Balaban J connectivity index is 1.65. The fraction of sp³-hybridized carbons (Fsp3) is 0.118. The van der Waals surface area contributed by atoms with Crippen LogP contribution in [0, 0.1) is 11.6 Å². The maximum absolute atomic E-state index is 13.0. The largest absolute Gasteiger partial charge is 0.379 e. The summed E-state index contributed by atoms with van der Waals surface area (Å²) in [7, 11) is 1.89. The summed E-state index contributed by atoms with van der Waals surface area (Å²) < 4.78 is 25.8. The lowest BCUT2D eigenvalue weighted by molar-refractivity contribution is 0.627. The number of hydrogen-bond donors (Lipinski definition) is 1. The van der Waals surface area contributed by atoms with Gasteiger partial charge in [0.2, 0.25) is 0 Å². The molecule has 1 aromatic heterocycles. The summed E-state index contributed by atoms with van der Waals surface area (Å²) in [4.78, 5) is 6.46. The molecule has 1 N–H and O–H groups in total. The zero-order valence-corrected chi connectivity index (χ0v) is 13.3. The molecule has 0 aliphatic carbocycles. The van der Waals surface area contributed by atoms with Gasteiger partial charge in [-0.25, -0.2) is 13.8 Å². The zero-order chi connectivity index (χ0) is 16.2. The lowest BCUT2D eigenvalue weighted by atomic mass is 10.3. The Kier molecular flexibility index (Phi) is 4.52. The fourth-order valence-electron chi connectivity index (χ4n) is 2.07. The standard InChI is InChI=1S/C17H15F2N3S/c1-22(16-8-4-13(19)5-9-16)17-21-15(11-23-17)10-20-14-6-2-12(18)3-7-14/h2-9,11,20H,10H2,1H3. The lowest BCUT2D eigenvalue weighted by Gasteiger charge is -2.15. The number of anilines is 3. The highest BCUT2D eigenvalue weighted by atomic mass is 32.1. The van der Waals surface area contributed by atoms with E-state index >= 15 is 0 Å². The summed E-state index contributed by atoms with van der Waals surface area (Å²) in [5.74, 6) is -0.516. The Morgan fingerprint density at radius 2 is 1.61 bits per heavy atom. The van der Waals surface area contributed by atoms with E-state index in [1.54, 1.807) is 24.3 Å². The first-order valence-corrected chi connectivity index (χ1v) is 7.93. The summed E-state index contributed by atoms with van der Waals surface area (Å²) in [5.41, 5.74) is 2.61. The fourth-order valence-corrected chi connectivity index (χ4v) is 2.88. The summed E-state index contributed by atoms with van der Waals surface area (Å²) in [6.07, 6.45) is 0. The Morgan fingerprint density at radius 3 is 2.26 bits per heavy atom. The van der Waals surface area contributed by atoms with Gasteiger partial charge >= 0.3 is 0 Å². The van der Waals surface area contributed by atoms with Crippen LogP contribution < -0.4 is 10.2 Å². The first-order chi connectivity index (χ1) is 11.1. The first kappa shape index (κ1) is 15.4. The van der Waals surface area contributed by atoms with Crippen molar-refractivity contribution in [1.29, 1.82) is 0 Å². The highest BCUT2D eigenvalue weighted by Crippen LogP contribution is 2.27. The molecule has 0 spiro atoms. The molecule has 0 unspecified atom stereocenters. The molecule has 0 saturated heterocycles. The van der Waals surface area contributed by atoms with Crippen LogP contribution in [-0.4, -0.2) is 12.0 Å². The molecule has 0 aliphatic rings. The van der Waals surface area contributed by atoms with Crippen molar-refractivity contribution < 1.29 is 8.78 Å². The highest BCUT2D eigenvalue weighted by molar-refractivity contribution is 7.13. The van der Waals surface area contributed by atoms with Gasteiger partial charge in [-0.05, 0) is 48.5 Å². The lowest BCUT2D eigenvalue weighted by Crippen LogP contribution is -2.09. The predicted octanol–water partition coefficient (Wildman–Crippen LogP) is 4.80. The summed E-state index contributed by atoms with van der Waals surface area (Å²) in [5, 5.41) is 5.99. The minimum absolute atomic E-state index is 0.257. The third kappa shape index (κ3) is 3.84. The first-order valence-electron chi connectivity index (χ1n) is 7.05. The number of halogens is 2. The molecule has 0 amide bonds. The maximum Gasteiger partial charge on any atom is 0.189 e. The van der Waals surface area contributed by atoms with E-state index < -0.39 is 0 Å². The van der Waals surface area contributed by atoms with Crippen LogP contribution >= 0.6 is 11.3 Å². The molecule has 3 aromatic rings. The zero-order valence-electron chi connectivity index (χ0n) is 12.5. The molecule has 0 bridgehead atoms. The molecule has 0 atom stereocenters. The number of benzene rings is 2. The predicted molar refractivity (Wildman–Crippen MR) is 90.3 cm³/mol. The topological polar surface area (TPSA) is 28.2 Å². The molecule has 3 nitrogen and oxygen atoms in total. The van der Waals surface area contributed by atoms with Gasteiger partial charge in [-0.1, -0.05) is 0 Å². The molecule has 2 aromatic carbocycles. The SMILES string of the molecule is CN(c1ccc(F)cc1)c1nc(CNc2ccc(F)cc2)cs1. The monoisotopic (exact) mass is 331 g/mol. The molecular formula is C17H15F2N3S. The van der Waals surface area contributed by atoms with Gasteiger partial charge in [0.1, 0.15) is 11.6 Å². The third-order valence-corrected chi connectivity index (χ3v) is 4.32. The van der Waals surface area contributed by atoms with Crippen LogP contribution in [0.5, 0.6) is 0 Å². The van der Waals surface area contributed by atoms with Crippen LogP contribution in [0.25, 0.3) is 0 Å². The number of nitrogens with zero attached hydrogens (tertiary/aromatic N) is 2. The molecule has 3 rings (SSSR count). The normalized spacial score (nSPS) is 10.6. The van der Waals surface area contributed by atoms with Gasteiger partial charge in [0, 0.05) is 23.8 Å². The van der Waals surface area contributed by atoms with Gasteiger partial charge in [0.05, 0.1) is 12.2 Å². The van der Waals surface area contributed by atoms with Crippen molar-refractivity contribution in [1.82, 2.24) is 4.98 Å². The van der Waals surface area contributed by atoms with Crippen molar-refractivity contribution in [3.8, 4) is 0 Å². The average molecular weight is 331 g/mol. The van der Waals surface area contributed by atoms with Crippen molar-refractivity contribution in [3.63, 3.8) is 0 Å². The molecule has 6 heteroatoms. The Hall–Kier alpha value is -2.47. The van der Waals surface area contributed by atoms with Crippen molar-refractivity contribution in [2.24, 2.45) is 0 Å². The van der Waals surface area contributed by atoms with E-state index in [-0.39, 0.29) is 11.6 Å². The van der Waals surface area contributed by atoms with Gasteiger partial charge < -0.3 is 10.2 Å². The number of nitrogens with one attached hydrogen (secondary N) is 1. The van der Waals surface area contributed by atoms with Crippen LogP contribution in [0.4, 0.5) is 25.3 Å². The number of hydrogen-bond acceptors (Lipinski definition) is 4.